The number of hydrogen-bond donors (Lipinski definition) is 1. The lowest BCUT2D eigenvalue weighted by atomic mass is 10.1. The highest BCUT2D eigenvalue weighted by atomic mass is 32.1. The van der Waals surface area contributed by atoms with E-state index in [1.54, 1.807) is 11.3 Å². The second-order valence-electron chi connectivity index (χ2n) is 3.96. The molecule has 0 saturated heterocycles. The van der Waals surface area contributed by atoms with Crippen molar-refractivity contribution in [1.82, 2.24) is 4.98 Å². The van der Waals surface area contributed by atoms with Crippen LogP contribution in [-0.2, 0) is 6.42 Å². The number of nitrogens with two attached hydrogens (primary N) is 1. The Morgan fingerprint density at radius 2 is 2.20 bits per heavy atom. The first-order valence-electron chi connectivity index (χ1n) is 5.34. The summed E-state index contributed by atoms with van der Waals surface area (Å²) in [6.45, 7) is 3.00. The molecule has 0 bridgehead atoms. The summed E-state index contributed by atoms with van der Waals surface area (Å²) in [5.74, 6) is 0.635. The zero-order valence-corrected chi connectivity index (χ0v) is 9.76. The summed E-state index contributed by atoms with van der Waals surface area (Å²) in [5.41, 5.74) is 6.66. The van der Waals surface area contributed by atoms with Gasteiger partial charge in [-0.05, 0) is 31.0 Å². The summed E-state index contributed by atoms with van der Waals surface area (Å²) in [5, 5.41) is 1.23. The molecule has 1 atom stereocenters. The highest BCUT2D eigenvalue weighted by Crippen LogP contribution is 2.24. The topological polar surface area (TPSA) is 38.9 Å². The quantitative estimate of drug-likeness (QED) is 0.860. The standard InChI is InChI=1S/C12H16N2S/c1-9(6-7-13)8-12-14-10-4-2-3-5-11(10)15-12/h2-5,9H,6-8,13H2,1H3. The van der Waals surface area contributed by atoms with E-state index in [9.17, 15) is 0 Å². The molecular formula is C12H16N2S. The van der Waals surface area contributed by atoms with Gasteiger partial charge in [0.25, 0.3) is 0 Å². The van der Waals surface area contributed by atoms with Gasteiger partial charge in [-0.25, -0.2) is 4.98 Å². The summed E-state index contributed by atoms with van der Waals surface area (Å²) in [6.07, 6.45) is 2.13. The van der Waals surface area contributed by atoms with E-state index in [0.29, 0.717) is 5.92 Å². The van der Waals surface area contributed by atoms with Crippen molar-refractivity contribution in [3.8, 4) is 0 Å². The van der Waals surface area contributed by atoms with E-state index in [1.165, 1.54) is 9.71 Å². The van der Waals surface area contributed by atoms with E-state index in [2.05, 4.69) is 30.1 Å². The van der Waals surface area contributed by atoms with E-state index < -0.39 is 0 Å². The zero-order valence-electron chi connectivity index (χ0n) is 8.94. The van der Waals surface area contributed by atoms with Crippen LogP contribution in [0.3, 0.4) is 0 Å². The Balaban J connectivity index is 2.15. The molecule has 2 aromatic rings. The second kappa shape index (κ2) is 4.73. The van der Waals surface area contributed by atoms with Crippen LogP contribution in [0.15, 0.2) is 24.3 Å². The molecule has 0 saturated carbocycles. The number of nitrogens with zero attached hydrogens (tertiary/aromatic N) is 1. The molecular weight excluding hydrogens is 204 g/mol. The Morgan fingerprint density at radius 1 is 1.40 bits per heavy atom. The molecule has 1 heterocycles. The van der Waals surface area contributed by atoms with Gasteiger partial charge in [0.2, 0.25) is 0 Å². The molecule has 15 heavy (non-hydrogen) atoms. The Labute approximate surface area is 94.1 Å². The molecule has 0 aliphatic heterocycles. The van der Waals surface area contributed by atoms with Crippen LogP contribution in [0.2, 0.25) is 0 Å². The lowest BCUT2D eigenvalue weighted by Crippen LogP contribution is -2.07. The number of aromatic nitrogens is 1. The van der Waals surface area contributed by atoms with Crippen molar-refractivity contribution in [3.63, 3.8) is 0 Å². The molecule has 2 rings (SSSR count). The van der Waals surface area contributed by atoms with Crippen LogP contribution >= 0.6 is 11.3 Å². The maximum absolute atomic E-state index is 5.54. The van der Waals surface area contributed by atoms with Crippen LogP contribution in [0.1, 0.15) is 18.4 Å². The molecule has 0 aliphatic carbocycles. The van der Waals surface area contributed by atoms with E-state index in [1.807, 2.05) is 6.07 Å². The van der Waals surface area contributed by atoms with Gasteiger partial charge in [-0.1, -0.05) is 19.1 Å². The fraction of sp³-hybridized carbons (Fsp3) is 0.417. The van der Waals surface area contributed by atoms with Gasteiger partial charge in [0.1, 0.15) is 0 Å². The molecule has 80 valence electrons. The van der Waals surface area contributed by atoms with Crippen LogP contribution in [-0.4, -0.2) is 11.5 Å². The Bertz CT molecular complexity index is 403. The second-order valence-corrected chi connectivity index (χ2v) is 5.08. The van der Waals surface area contributed by atoms with E-state index in [0.717, 1.165) is 24.9 Å². The van der Waals surface area contributed by atoms with E-state index in [-0.39, 0.29) is 0 Å². The number of fused-ring (bicyclic) bond motifs is 1. The van der Waals surface area contributed by atoms with Crippen LogP contribution < -0.4 is 5.73 Å². The molecule has 2 nitrogen and oxygen atoms in total. The first-order chi connectivity index (χ1) is 7.29. The van der Waals surface area contributed by atoms with E-state index in [4.69, 9.17) is 5.73 Å². The van der Waals surface area contributed by atoms with Gasteiger partial charge in [0, 0.05) is 6.42 Å². The maximum Gasteiger partial charge on any atom is 0.0941 e. The zero-order chi connectivity index (χ0) is 10.7. The maximum atomic E-state index is 5.54. The largest absolute Gasteiger partial charge is 0.330 e. The summed E-state index contributed by atoms with van der Waals surface area (Å²) in [6, 6.07) is 8.30. The van der Waals surface area contributed by atoms with Crippen molar-refractivity contribution in [2.24, 2.45) is 11.7 Å². The summed E-state index contributed by atoms with van der Waals surface area (Å²) >= 11 is 1.80. The Kier molecular flexibility index (Phi) is 3.34. The van der Waals surface area contributed by atoms with Crippen molar-refractivity contribution in [2.45, 2.75) is 19.8 Å². The molecule has 3 heteroatoms. The molecule has 1 unspecified atom stereocenters. The van der Waals surface area contributed by atoms with Crippen molar-refractivity contribution < 1.29 is 0 Å². The van der Waals surface area contributed by atoms with Crippen molar-refractivity contribution in [1.29, 1.82) is 0 Å². The van der Waals surface area contributed by atoms with Gasteiger partial charge in [-0.2, -0.15) is 0 Å². The van der Waals surface area contributed by atoms with Crippen molar-refractivity contribution in [2.75, 3.05) is 6.54 Å². The predicted octanol–water partition coefficient (Wildman–Crippen LogP) is 2.82. The van der Waals surface area contributed by atoms with Gasteiger partial charge < -0.3 is 5.73 Å². The van der Waals surface area contributed by atoms with E-state index >= 15 is 0 Å². The highest BCUT2D eigenvalue weighted by Gasteiger charge is 2.07. The molecule has 1 aromatic heterocycles. The number of benzene rings is 1. The number of hydrogen-bond acceptors (Lipinski definition) is 3. The minimum Gasteiger partial charge on any atom is -0.330 e. The third-order valence-corrected chi connectivity index (χ3v) is 3.58. The van der Waals surface area contributed by atoms with Gasteiger partial charge in [-0.15, -0.1) is 11.3 Å². The normalized spacial score (nSPS) is 13.2. The Morgan fingerprint density at radius 3 is 2.93 bits per heavy atom. The molecule has 2 N–H and O–H groups in total. The van der Waals surface area contributed by atoms with Crippen LogP contribution in [0.4, 0.5) is 0 Å². The summed E-state index contributed by atoms with van der Waals surface area (Å²) in [7, 11) is 0. The first kappa shape index (κ1) is 10.6. The van der Waals surface area contributed by atoms with Crippen LogP contribution in [0.25, 0.3) is 10.2 Å². The number of para-hydroxylation sites is 1. The third-order valence-electron chi connectivity index (χ3n) is 2.52. The highest BCUT2D eigenvalue weighted by molar-refractivity contribution is 7.18. The molecule has 1 aromatic carbocycles. The smallest absolute Gasteiger partial charge is 0.0941 e. The predicted molar refractivity (Wildman–Crippen MR) is 66.2 cm³/mol. The van der Waals surface area contributed by atoms with Gasteiger partial charge in [-0.3, -0.25) is 0 Å². The molecule has 0 spiro atoms. The molecule has 0 radical (unpaired) electrons. The van der Waals surface area contributed by atoms with Gasteiger partial charge in [0.15, 0.2) is 0 Å². The van der Waals surface area contributed by atoms with Crippen molar-refractivity contribution >= 4 is 21.6 Å². The third kappa shape index (κ3) is 2.55. The monoisotopic (exact) mass is 220 g/mol. The van der Waals surface area contributed by atoms with Crippen LogP contribution in [0, 0.1) is 5.92 Å². The van der Waals surface area contributed by atoms with Gasteiger partial charge >= 0.3 is 0 Å². The average Bonchev–Trinajstić information content (AvgIpc) is 2.59. The molecule has 0 aliphatic rings. The number of rotatable bonds is 4. The minimum atomic E-state index is 0.635. The fourth-order valence-electron chi connectivity index (χ4n) is 1.69. The molecule has 0 amide bonds. The number of thiazole rings is 1. The minimum absolute atomic E-state index is 0.635. The van der Waals surface area contributed by atoms with Crippen LogP contribution in [0.5, 0.6) is 0 Å². The lowest BCUT2D eigenvalue weighted by molar-refractivity contribution is 0.538. The summed E-state index contributed by atoms with van der Waals surface area (Å²) in [4.78, 5) is 4.61. The molecule has 0 fully saturated rings. The fourth-order valence-corrected chi connectivity index (χ4v) is 2.82. The summed E-state index contributed by atoms with van der Waals surface area (Å²) < 4.78 is 1.28. The van der Waals surface area contributed by atoms with Crippen molar-refractivity contribution in [3.05, 3.63) is 29.3 Å². The lowest BCUT2D eigenvalue weighted by Gasteiger charge is -2.05. The SMILES string of the molecule is CC(CCN)Cc1nc2ccccc2s1. The first-order valence-corrected chi connectivity index (χ1v) is 6.15. The van der Waals surface area contributed by atoms with Gasteiger partial charge in [0.05, 0.1) is 15.2 Å². The Hall–Kier alpha value is -0.930. The average molecular weight is 220 g/mol.